The Morgan fingerprint density at radius 2 is 1.95 bits per heavy atom. The second-order valence-corrected chi connectivity index (χ2v) is 5.76. The molecule has 100 valence electrons. The van der Waals surface area contributed by atoms with Crippen molar-refractivity contribution in [3.05, 3.63) is 35.5 Å². The molecule has 3 rings (SSSR count). The number of carbonyl (C=O) groups is 1. The van der Waals surface area contributed by atoms with Crippen molar-refractivity contribution in [3.8, 4) is 0 Å². The molecule has 0 radical (unpaired) electrons. The number of halogens is 1. The van der Waals surface area contributed by atoms with Crippen molar-refractivity contribution in [2.24, 2.45) is 17.8 Å². The van der Waals surface area contributed by atoms with E-state index in [1.54, 1.807) is 18.3 Å². The second-order valence-electron chi connectivity index (χ2n) is 5.33. The van der Waals surface area contributed by atoms with Crippen molar-refractivity contribution in [2.75, 3.05) is 5.32 Å². The number of hydrogen-bond acceptors (Lipinski definition) is 2. The van der Waals surface area contributed by atoms with Crippen LogP contribution in [0.15, 0.2) is 30.5 Å². The standard InChI is InChI=1S/C15H17ClN2O/c16-10-7-8-17-13(9-10)18-15(19)14-11-5-3-1-2-4-6-12(11)14/h1-2,7-9,11-12,14H,3-6H2,(H,17,18,19). The Hall–Kier alpha value is -1.35. The van der Waals surface area contributed by atoms with Gasteiger partial charge in [0.1, 0.15) is 5.82 Å². The summed E-state index contributed by atoms with van der Waals surface area (Å²) >= 11 is 5.89. The molecule has 1 heterocycles. The van der Waals surface area contributed by atoms with Crippen LogP contribution in [-0.4, -0.2) is 10.9 Å². The van der Waals surface area contributed by atoms with E-state index in [0.717, 1.165) is 25.7 Å². The van der Waals surface area contributed by atoms with Gasteiger partial charge in [0.2, 0.25) is 5.91 Å². The first-order valence-corrected chi connectivity index (χ1v) is 7.21. The van der Waals surface area contributed by atoms with Crippen molar-refractivity contribution in [1.29, 1.82) is 0 Å². The van der Waals surface area contributed by atoms with Crippen molar-refractivity contribution in [2.45, 2.75) is 25.7 Å². The van der Waals surface area contributed by atoms with E-state index in [2.05, 4.69) is 22.5 Å². The maximum atomic E-state index is 12.3. The molecule has 0 spiro atoms. The van der Waals surface area contributed by atoms with E-state index >= 15 is 0 Å². The molecule has 2 atom stereocenters. The minimum absolute atomic E-state index is 0.103. The molecule has 19 heavy (non-hydrogen) atoms. The smallest absolute Gasteiger partial charge is 0.229 e. The third kappa shape index (κ3) is 2.81. The molecule has 2 aliphatic rings. The number of amides is 1. The first-order valence-electron chi connectivity index (χ1n) is 6.83. The third-order valence-corrected chi connectivity index (χ3v) is 4.34. The van der Waals surface area contributed by atoms with Crippen LogP contribution < -0.4 is 5.32 Å². The van der Waals surface area contributed by atoms with E-state index in [1.807, 2.05) is 0 Å². The highest BCUT2D eigenvalue weighted by atomic mass is 35.5. The van der Waals surface area contributed by atoms with Gasteiger partial charge in [0.25, 0.3) is 0 Å². The zero-order chi connectivity index (χ0) is 13.2. The molecular formula is C15H17ClN2O. The van der Waals surface area contributed by atoms with Crippen LogP contribution in [0.3, 0.4) is 0 Å². The molecule has 1 saturated carbocycles. The number of fused-ring (bicyclic) bond motifs is 1. The summed E-state index contributed by atoms with van der Waals surface area (Å²) < 4.78 is 0. The van der Waals surface area contributed by atoms with Gasteiger partial charge in [0.15, 0.2) is 0 Å². The summed E-state index contributed by atoms with van der Waals surface area (Å²) in [5.74, 6) is 1.94. The minimum Gasteiger partial charge on any atom is -0.310 e. The van der Waals surface area contributed by atoms with E-state index in [-0.39, 0.29) is 11.8 Å². The number of carbonyl (C=O) groups excluding carboxylic acids is 1. The maximum absolute atomic E-state index is 12.3. The molecule has 0 aliphatic heterocycles. The van der Waals surface area contributed by atoms with E-state index in [4.69, 9.17) is 11.6 Å². The molecule has 2 unspecified atom stereocenters. The summed E-state index contributed by atoms with van der Waals surface area (Å²) in [5.41, 5.74) is 0. The molecule has 0 aromatic carbocycles. The number of pyridine rings is 1. The number of allylic oxidation sites excluding steroid dienone is 2. The summed E-state index contributed by atoms with van der Waals surface area (Å²) in [5, 5.41) is 3.48. The highest BCUT2D eigenvalue weighted by Gasteiger charge is 2.53. The Labute approximate surface area is 118 Å². The number of hydrogen-bond donors (Lipinski definition) is 1. The minimum atomic E-state index is 0.103. The van der Waals surface area contributed by atoms with Gasteiger partial charge in [-0.05, 0) is 49.7 Å². The van der Waals surface area contributed by atoms with E-state index in [9.17, 15) is 4.79 Å². The highest BCUT2D eigenvalue weighted by molar-refractivity contribution is 6.30. The predicted octanol–water partition coefficient (Wildman–Crippen LogP) is 3.67. The topological polar surface area (TPSA) is 42.0 Å². The van der Waals surface area contributed by atoms with Crippen LogP contribution in [0.5, 0.6) is 0 Å². The quantitative estimate of drug-likeness (QED) is 0.838. The third-order valence-electron chi connectivity index (χ3n) is 4.11. The van der Waals surface area contributed by atoms with Crippen LogP contribution in [0, 0.1) is 17.8 Å². The fourth-order valence-electron chi connectivity index (χ4n) is 3.12. The summed E-state index contributed by atoms with van der Waals surface area (Å²) in [7, 11) is 0. The first-order chi connectivity index (χ1) is 9.25. The summed E-state index contributed by atoms with van der Waals surface area (Å²) in [6.45, 7) is 0. The summed E-state index contributed by atoms with van der Waals surface area (Å²) in [6.07, 6.45) is 10.5. The zero-order valence-electron chi connectivity index (χ0n) is 10.7. The Morgan fingerprint density at radius 1 is 1.26 bits per heavy atom. The maximum Gasteiger partial charge on any atom is 0.229 e. The monoisotopic (exact) mass is 276 g/mol. The van der Waals surface area contributed by atoms with E-state index in [1.165, 1.54) is 0 Å². The lowest BCUT2D eigenvalue weighted by molar-refractivity contribution is -0.117. The SMILES string of the molecule is O=C(Nc1cc(Cl)ccn1)C1C2CCC=CCCC21. The second kappa shape index (κ2) is 5.33. The van der Waals surface area contributed by atoms with Gasteiger partial charge < -0.3 is 5.32 Å². The first kappa shape index (κ1) is 12.7. The average molecular weight is 277 g/mol. The molecule has 2 aliphatic carbocycles. The van der Waals surface area contributed by atoms with Crippen molar-refractivity contribution < 1.29 is 4.79 Å². The largest absolute Gasteiger partial charge is 0.310 e. The predicted molar refractivity (Wildman–Crippen MR) is 76.0 cm³/mol. The van der Waals surface area contributed by atoms with Gasteiger partial charge >= 0.3 is 0 Å². The Balaban J connectivity index is 1.63. The molecule has 1 fully saturated rings. The lowest BCUT2D eigenvalue weighted by Crippen LogP contribution is -2.16. The van der Waals surface area contributed by atoms with Crippen LogP contribution in [0.1, 0.15) is 25.7 Å². The van der Waals surface area contributed by atoms with Gasteiger partial charge in [0, 0.05) is 17.1 Å². The molecule has 1 aromatic rings. The molecule has 0 bridgehead atoms. The summed E-state index contributed by atoms with van der Waals surface area (Å²) in [6, 6.07) is 3.39. The number of anilines is 1. The molecule has 0 saturated heterocycles. The van der Waals surface area contributed by atoms with E-state index < -0.39 is 0 Å². The van der Waals surface area contributed by atoms with Crippen LogP contribution >= 0.6 is 11.6 Å². The van der Waals surface area contributed by atoms with Crippen molar-refractivity contribution in [3.63, 3.8) is 0 Å². The normalized spacial score (nSPS) is 29.0. The van der Waals surface area contributed by atoms with Gasteiger partial charge in [0.05, 0.1) is 0 Å². The fraction of sp³-hybridized carbons (Fsp3) is 0.467. The van der Waals surface area contributed by atoms with Crippen LogP contribution in [0.25, 0.3) is 0 Å². The number of aromatic nitrogens is 1. The fourth-order valence-corrected chi connectivity index (χ4v) is 3.28. The molecule has 1 amide bonds. The summed E-state index contributed by atoms with van der Waals surface area (Å²) in [4.78, 5) is 16.4. The molecule has 1 aromatic heterocycles. The number of nitrogens with one attached hydrogen (secondary N) is 1. The van der Waals surface area contributed by atoms with E-state index in [0.29, 0.717) is 22.7 Å². The van der Waals surface area contributed by atoms with Crippen molar-refractivity contribution in [1.82, 2.24) is 4.98 Å². The zero-order valence-corrected chi connectivity index (χ0v) is 11.4. The molecule has 3 nitrogen and oxygen atoms in total. The van der Waals surface area contributed by atoms with Crippen LogP contribution in [0.4, 0.5) is 5.82 Å². The molecule has 1 N–H and O–H groups in total. The van der Waals surface area contributed by atoms with Gasteiger partial charge in [-0.25, -0.2) is 4.98 Å². The highest BCUT2D eigenvalue weighted by Crippen LogP contribution is 2.53. The lowest BCUT2D eigenvalue weighted by Gasteiger charge is -2.04. The van der Waals surface area contributed by atoms with Crippen LogP contribution in [0.2, 0.25) is 5.02 Å². The molecular weight excluding hydrogens is 260 g/mol. The van der Waals surface area contributed by atoms with Crippen LogP contribution in [-0.2, 0) is 4.79 Å². The molecule has 4 heteroatoms. The Kier molecular flexibility index (Phi) is 3.56. The van der Waals surface area contributed by atoms with Gasteiger partial charge in [-0.1, -0.05) is 23.8 Å². The van der Waals surface area contributed by atoms with Gasteiger partial charge in [-0.3, -0.25) is 4.79 Å². The number of rotatable bonds is 2. The number of nitrogens with zero attached hydrogens (tertiary/aromatic N) is 1. The lowest BCUT2D eigenvalue weighted by atomic mass is 10.1. The van der Waals surface area contributed by atoms with Gasteiger partial charge in [-0.15, -0.1) is 0 Å². The average Bonchev–Trinajstić information content (AvgIpc) is 3.00. The Bertz CT molecular complexity index is 499. The van der Waals surface area contributed by atoms with Gasteiger partial charge in [-0.2, -0.15) is 0 Å². The Morgan fingerprint density at radius 3 is 2.58 bits per heavy atom. The van der Waals surface area contributed by atoms with Crippen molar-refractivity contribution >= 4 is 23.3 Å².